The third-order valence-corrected chi connectivity index (χ3v) is 2.87. The minimum absolute atomic E-state index is 0.136. The topological polar surface area (TPSA) is 56.6 Å². The normalized spacial score (nSPS) is 17.2. The summed E-state index contributed by atoms with van der Waals surface area (Å²) in [5.74, 6) is 0.856. The lowest BCUT2D eigenvalue weighted by atomic mass is 10.1. The van der Waals surface area contributed by atoms with E-state index in [9.17, 15) is 5.11 Å². The molecule has 4 heteroatoms. The van der Waals surface area contributed by atoms with E-state index in [0.717, 1.165) is 11.4 Å². The zero-order chi connectivity index (χ0) is 11.5. The average Bonchev–Trinajstić information content (AvgIpc) is 3.10. The van der Waals surface area contributed by atoms with Crippen molar-refractivity contribution in [3.8, 4) is 0 Å². The summed E-state index contributed by atoms with van der Waals surface area (Å²) in [6.07, 6.45) is 3.57. The van der Waals surface area contributed by atoms with Crippen LogP contribution in [0.4, 0.5) is 5.82 Å². The summed E-state index contributed by atoms with van der Waals surface area (Å²) in [4.78, 5) is 6.42. The SMILES string of the molecule is CC(O)c1ccnc(N(CCO)C2CC2)c1. The maximum atomic E-state index is 9.52. The van der Waals surface area contributed by atoms with Crippen LogP contribution in [-0.2, 0) is 0 Å². The van der Waals surface area contributed by atoms with Gasteiger partial charge in [0.1, 0.15) is 5.82 Å². The summed E-state index contributed by atoms with van der Waals surface area (Å²) < 4.78 is 0. The van der Waals surface area contributed by atoms with Gasteiger partial charge in [-0.15, -0.1) is 0 Å². The third-order valence-electron chi connectivity index (χ3n) is 2.87. The van der Waals surface area contributed by atoms with E-state index in [1.807, 2.05) is 12.1 Å². The number of aliphatic hydroxyl groups excluding tert-OH is 2. The van der Waals surface area contributed by atoms with Crippen LogP contribution < -0.4 is 4.90 Å². The second-order valence-electron chi connectivity index (χ2n) is 4.27. The van der Waals surface area contributed by atoms with E-state index in [1.165, 1.54) is 12.8 Å². The fraction of sp³-hybridized carbons (Fsp3) is 0.583. The molecule has 1 fully saturated rings. The molecular weight excluding hydrogens is 204 g/mol. The molecule has 1 heterocycles. The van der Waals surface area contributed by atoms with E-state index in [4.69, 9.17) is 5.11 Å². The Bertz CT molecular complexity index is 351. The van der Waals surface area contributed by atoms with Gasteiger partial charge in [0.05, 0.1) is 12.7 Å². The Morgan fingerprint density at radius 1 is 1.56 bits per heavy atom. The van der Waals surface area contributed by atoms with Gasteiger partial charge in [0.2, 0.25) is 0 Å². The van der Waals surface area contributed by atoms with Crippen LogP contribution in [0.5, 0.6) is 0 Å². The maximum Gasteiger partial charge on any atom is 0.129 e. The molecule has 0 radical (unpaired) electrons. The van der Waals surface area contributed by atoms with Gasteiger partial charge in [0.25, 0.3) is 0 Å². The fourth-order valence-corrected chi connectivity index (χ4v) is 1.83. The van der Waals surface area contributed by atoms with Crippen LogP contribution in [0.15, 0.2) is 18.3 Å². The highest BCUT2D eigenvalue weighted by atomic mass is 16.3. The predicted octanol–water partition coefficient (Wildman–Crippen LogP) is 1.10. The highest BCUT2D eigenvalue weighted by Gasteiger charge is 2.29. The first-order valence-electron chi connectivity index (χ1n) is 5.74. The number of anilines is 1. The van der Waals surface area contributed by atoms with E-state index in [-0.39, 0.29) is 6.61 Å². The molecule has 88 valence electrons. The largest absolute Gasteiger partial charge is 0.395 e. The van der Waals surface area contributed by atoms with Crippen molar-refractivity contribution in [2.75, 3.05) is 18.1 Å². The molecule has 1 aliphatic rings. The summed E-state index contributed by atoms with van der Waals surface area (Å²) in [6.45, 7) is 2.49. The number of aromatic nitrogens is 1. The van der Waals surface area contributed by atoms with Crippen molar-refractivity contribution >= 4 is 5.82 Å². The van der Waals surface area contributed by atoms with Gasteiger partial charge in [-0.3, -0.25) is 0 Å². The Balaban J connectivity index is 2.19. The lowest BCUT2D eigenvalue weighted by Gasteiger charge is -2.23. The van der Waals surface area contributed by atoms with Gasteiger partial charge in [-0.2, -0.15) is 0 Å². The first-order chi connectivity index (χ1) is 7.72. The van der Waals surface area contributed by atoms with Crippen LogP contribution in [-0.4, -0.2) is 34.4 Å². The predicted molar refractivity (Wildman–Crippen MR) is 62.3 cm³/mol. The summed E-state index contributed by atoms with van der Waals surface area (Å²) in [7, 11) is 0. The first kappa shape index (κ1) is 11.4. The number of rotatable bonds is 5. The molecule has 1 aliphatic carbocycles. The highest BCUT2D eigenvalue weighted by Crippen LogP contribution is 2.31. The first-order valence-corrected chi connectivity index (χ1v) is 5.74. The molecule has 0 saturated heterocycles. The van der Waals surface area contributed by atoms with Crippen molar-refractivity contribution < 1.29 is 10.2 Å². The molecule has 16 heavy (non-hydrogen) atoms. The maximum absolute atomic E-state index is 9.52. The number of nitrogens with zero attached hydrogens (tertiary/aromatic N) is 2. The minimum Gasteiger partial charge on any atom is -0.395 e. The average molecular weight is 222 g/mol. The van der Waals surface area contributed by atoms with E-state index >= 15 is 0 Å². The van der Waals surface area contributed by atoms with Crippen LogP contribution in [0.2, 0.25) is 0 Å². The monoisotopic (exact) mass is 222 g/mol. The number of pyridine rings is 1. The van der Waals surface area contributed by atoms with Crippen molar-refractivity contribution in [1.82, 2.24) is 4.98 Å². The smallest absolute Gasteiger partial charge is 0.129 e. The second kappa shape index (κ2) is 4.80. The molecule has 1 aromatic heterocycles. The second-order valence-corrected chi connectivity index (χ2v) is 4.27. The van der Waals surface area contributed by atoms with Gasteiger partial charge in [-0.25, -0.2) is 4.98 Å². The van der Waals surface area contributed by atoms with Crippen LogP contribution >= 0.6 is 0 Å². The number of aliphatic hydroxyl groups is 2. The van der Waals surface area contributed by atoms with E-state index in [1.54, 1.807) is 13.1 Å². The van der Waals surface area contributed by atoms with Crippen LogP contribution in [0.1, 0.15) is 31.4 Å². The number of hydrogen-bond donors (Lipinski definition) is 2. The van der Waals surface area contributed by atoms with Crippen molar-refractivity contribution in [2.24, 2.45) is 0 Å². The quantitative estimate of drug-likeness (QED) is 0.783. The van der Waals surface area contributed by atoms with Crippen molar-refractivity contribution in [2.45, 2.75) is 31.9 Å². The highest BCUT2D eigenvalue weighted by molar-refractivity contribution is 5.44. The van der Waals surface area contributed by atoms with Gasteiger partial charge in [0, 0.05) is 18.8 Å². The molecular formula is C12H18N2O2. The number of hydrogen-bond acceptors (Lipinski definition) is 4. The Labute approximate surface area is 95.5 Å². The fourth-order valence-electron chi connectivity index (χ4n) is 1.83. The minimum atomic E-state index is -0.475. The molecule has 4 nitrogen and oxygen atoms in total. The van der Waals surface area contributed by atoms with E-state index < -0.39 is 6.10 Å². The van der Waals surface area contributed by atoms with Crippen molar-refractivity contribution in [3.63, 3.8) is 0 Å². The van der Waals surface area contributed by atoms with Crippen molar-refractivity contribution in [1.29, 1.82) is 0 Å². The summed E-state index contributed by atoms with van der Waals surface area (Å²) in [6, 6.07) is 4.24. The van der Waals surface area contributed by atoms with Gasteiger partial charge in [0.15, 0.2) is 0 Å². The Kier molecular flexibility index (Phi) is 3.41. The summed E-state index contributed by atoms with van der Waals surface area (Å²) >= 11 is 0. The lowest BCUT2D eigenvalue weighted by molar-refractivity contribution is 0.199. The van der Waals surface area contributed by atoms with E-state index in [0.29, 0.717) is 12.6 Å². The zero-order valence-electron chi connectivity index (χ0n) is 9.50. The molecule has 0 amide bonds. The molecule has 2 rings (SSSR count). The Hall–Kier alpha value is -1.13. The van der Waals surface area contributed by atoms with Crippen LogP contribution in [0.25, 0.3) is 0 Å². The molecule has 0 spiro atoms. The van der Waals surface area contributed by atoms with Gasteiger partial charge >= 0.3 is 0 Å². The van der Waals surface area contributed by atoms with Gasteiger partial charge in [-0.1, -0.05) is 0 Å². The Morgan fingerprint density at radius 2 is 2.31 bits per heavy atom. The lowest BCUT2D eigenvalue weighted by Crippen LogP contribution is -2.29. The molecule has 0 aliphatic heterocycles. The molecule has 1 unspecified atom stereocenters. The Morgan fingerprint density at radius 3 is 2.88 bits per heavy atom. The molecule has 1 aromatic rings. The van der Waals surface area contributed by atoms with Gasteiger partial charge in [-0.05, 0) is 37.5 Å². The van der Waals surface area contributed by atoms with Crippen LogP contribution in [0.3, 0.4) is 0 Å². The third kappa shape index (κ3) is 2.51. The molecule has 0 bridgehead atoms. The van der Waals surface area contributed by atoms with Crippen LogP contribution in [0, 0.1) is 0 Å². The molecule has 2 N–H and O–H groups in total. The molecule has 1 saturated carbocycles. The summed E-state index contributed by atoms with van der Waals surface area (Å²) in [5, 5.41) is 18.6. The standard InChI is InChI=1S/C12H18N2O2/c1-9(16)10-4-5-13-12(8-10)14(6-7-15)11-2-3-11/h4-5,8-9,11,15-16H,2-3,6-7H2,1H3. The zero-order valence-corrected chi connectivity index (χ0v) is 9.50. The van der Waals surface area contributed by atoms with Gasteiger partial charge < -0.3 is 15.1 Å². The molecule has 1 atom stereocenters. The van der Waals surface area contributed by atoms with Crippen molar-refractivity contribution in [3.05, 3.63) is 23.9 Å². The van der Waals surface area contributed by atoms with E-state index in [2.05, 4.69) is 9.88 Å². The molecule has 0 aromatic carbocycles. The summed E-state index contributed by atoms with van der Waals surface area (Å²) in [5.41, 5.74) is 0.869.